The van der Waals surface area contributed by atoms with Crippen LogP contribution in [0.5, 0.6) is 5.75 Å². The van der Waals surface area contributed by atoms with Crippen LogP contribution in [-0.4, -0.2) is 27.5 Å². The number of halogens is 2. The number of carbonyl (C=O) groups excluding carboxylic acids is 1. The Labute approximate surface area is 191 Å². The molecule has 1 amide bonds. The highest BCUT2D eigenvalue weighted by molar-refractivity contribution is 7.89. The fraction of sp³-hybridized carbons (Fsp3) is 0.136. The molecule has 0 fully saturated rings. The van der Waals surface area contributed by atoms with Crippen molar-refractivity contribution < 1.29 is 17.9 Å². The van der Waals surface area contributed by atoms with Crippen molar-refractivity contribution in [2.45, 2.75) is 17.4 Å². The summed E-state index contributed by atoms with van der Waals surface area (Å²) in [5, 5.41) is 3.11. The number of anilines is 1. The number of carbonyl (C=O) groups is 1. The van der Waals surface area contributed by atoms with Crippen LogP contribution in [0.2, 0.25) is 10.0 Å². The Morgan fingerprint density at radius 3 is 2.29 bits per heavy atom. The van der Waals surface area contributed by atoms with E-state index in [1.807, 2.05) is 30.3 Å². The van der Waals surface area contributed by atoms with Crippen LogP contribution < -0.4 is 14.8 Å². The molecule has 2 N–H and O–H groups in total. The van der Waals surface area contributed by atoms with E-state index >= 15 is 0 Å². The van der Waals surface area contributed by atoms with Gasteiger partial charge in [0.05, 0.1) is 27.7 Å². The van der Waals surface area contributed by atoms with Gasteiger partial charge in [-0.25, -0.2) is 8.42 Å². The van der Waals surface area contributed by atoms with Crippen LogP contribution in [-0.2, 0) is 21.2 Å². The Balaban J connectivity index is 1.88. The number of hydrogen-bond acceptors (Lipinski definition) is 4. The first-order chi connectivity index (χ1) is 14.8. The van der Waals surface area contributed by atoms with E-state index in [0.29, 0.717) is 11.4 Å². The van der Waals surface area contributed by atoms with Crippen molar-refractivity contribution in [2.24, 2.45) is 0 Å². The van der Waals surface area contributed by atoms with E-state index in [0.717, 1.165) is 5.56 Å². The Morgan fingerprint density at radius 1 is 0.968 bits per heavy atom. The van der Waals surface area contributed by atoms with Gasteiger partial charge in [-0.1, -0.05) is 59.6 Å². The lowest BCUT2D eigenvalue weighted by molar-refractivity contribution is -0.117. The standard InChI is InChI=1S/C22H20Cl2N2O4S/c1-30-16-10-12-17(13-11-16)31(28,29)26-20(14-15-6-3-2-4-7-15)22(27)25-19-9-5-8-18(23)21(19)24/h2-13,20,26H,14H2,1H3,(H,25,27). The second-order valence-corrected chi connectivity index (χ2v) is 9.13. The predicted molar refractivity (Wildman–Crippen MR) is 122 cm³/mol. The molecule has 0 radical (unpaired) electrons. The molecule has 1 atom stereocenters. The molecule has 0 aliphatic rings. The maximum absolute atomic E-state index is 13.0. The molecule has 0 aromatic heterocycles. The average molecular weight is 479 g/mol. The van der Waals surface area contributed by atoms with Crippen LogP contribution >= 0.6 is 23.2 Å². The third kappa shape index (κ3) is 5.98. The van der Waals surface area contributed by atoms with Crippen molar-refractivity contribution in [1.29, 1.82) is 0 Å². The van der Waals surface area contributed by atoms with E-state index in [4.69, 9.17) is 27.9 Å². The summed E-state index contributed by atoms with van der Waals surface area (Å²) in [6.45, 7) is 0. The van der Waals surface area contributed by atoms with Crippen LogP contribution in [0.3, 0.4) is 0 Å². The molecular formula is C22H20Cl2N2O4S. The number of sulfonamides is 1. The second kappa shape index (κ2) is 10.2. The molecular weight excluding hydrogens is 459 g/mol. The molecule has 0 aliphatic heterocycles. The quantitative estimate of drug-likeness (QED) is 0.497. The largest absolute Gasteiger partial charge is 0.497 e. The van der Waals surface area contributed by atoms with Crippen molar-refractivity contribution in [3.8, 4) is 5.75 Å². The fourth-order valence-electron chi connectivity index (χ4n) is 2.87. The van der Waals surface area contributed by atoms with Crippen LogP contribution in [0, 0.1) is 0 Å². The molecule has 162 valence electrons. The van der Waals surface area contributed by atoms with E-state index in [9.17, 15) is 13.2 Å². The smallest absolute Gasteiger partial charge is 0.242 e. The lowest BCUT2D eigenvalue weighted by Crippen LogP contribution is -2.45. The van der Waals surface area contributed by atoms with Crippen molar-refractivity contribution in [2.75, 3.05) is 12.4 Å². The van der Waals surface area contributed by atoms with Gasteiger partial charge < -0.3 is 10.1 Å². The van der Waals surface area contributed by atoms with Crippen LogP contribution in [0.4, 0.5) is 5.69 Å². The SMILES string of the molecule is COc1ccc(S(=O)(=O)NC(Cc2ccccc2)C(=O)Nc2cccc(Cl)c2Cl)cc1. The zero-order valence-corrected chi connectivity index (χ0v) is 18.8. The van der Waals surface area contributed by atoms with E-state index < -0.39 is 22.0 Å². The van der Waals surface area contributed by atoms with Crippen LogP contribution in [0.15, 0.2) is 77.7 Å². The summed E-state index contributed by atoms with van der Waals surface area (Å²) in [5.74, 6) is -0.0433. The molecule has 31 heavy (non-hydrogen) atoms. The summed E-state index contributed by atoms with van der Waals surface area (Å²) in [5.41, 5.74) is 1.08. The van der Waals surface area contributed by atoms with Gasteiger partial charge in [0.1, 0.15) is 11.8 Å². The normalized spacial score (nSPS) is 12.2. The third-order valence-corrected chi connectivity index (χ3v) is 6.78. The highest BCUT2D eigenvalue weighted by Crippen LogP contribution is 2.29. The van der Waals surface area contributed by atoms with Crippen molar-refractivity contribution in [1.82, 2.24) is 4.72 Å². The molecule has 0 spiro atoms. The number of ether oxygens (including phenoxy) is 1. The highest BCUT2D eigenvalue weighted by atomic mass is 35.5. The first-order valence-electron chi connectivity index (χ1n) is 9.25. The fourth-order valence-corrected chi connectivity index (χ4v) is 4.41. The van der Waals surface area contributed by atoms with Crippen LogP contribution in [0.1, 0.15) is 5.56 Å². The first-order valence-corrected chi connectivity index (χ1v) is 11.5. The topological polar surface area (TPSA) is 84.5 Å². The summed E-state index contributed by atoms with van der Waals surface area (Å²) in [4.78, 5) is 13.0. The molecule has 6 nitrogen and oxygen atoms in total. The maximum atomic E-state index is 13.0. The number of amides is 1. The predicted octanol–water partition coefficient (Wildman–Crippen LogP) is 4.53. The summed E-state index contributed by atoms with van der Waals surface area (Å²) >= 11 is 12.2. The monoisotopic (exact) mass is 478 g/mol. The molecule has 0 bridgehead atoms. The molecule has 0 saturated carbocycles. The van der Waals surface area contributed by atoms with Gasteiger partial charge >= 0.3 is 0 Å². The van der Waals surface area contributed by atoms with Gasteiger partial charge in [-0.15, -0.1) is 0 Å². The lowest BCUT2D eigenvalue weighted by atomic mass is 10.1. The summed E-state index contributed by atoms with van der Waals surface area (Å²) < 4.78 is 33.4. The summed E-state index contributed by atoms with van der Waals surface area (Å²) in [6.07, 6.45) is 0.139. The van der Waals surface area contributed by atoms with Crippen molar-refractivity contribution in [3.05, 3.63) is 88.4 Å². The molecule has 0 heterocycles. The Bertz CT molecular complexity index is 1150. The van der Waals surface area contributed by atoms with Gasteiger partial charge in [-0.3, -0.25) is 4.79 Å². The van der Waals surface area contributed by atoms with Gasteiger partial charge in [-0.05, 0) is 48.4 Å². The molecule has 3 aromatic rings. The minimum atomic E-state index is -3.99. The molecule has 0 aliphatic carbocycles. The molecule has 9 heteroatoms. The Hall–Kier alpha value is -2.58. The van der Waals surface area contributed by atoms with E-state index in [2.05, 4.69) is 10.0 Å². The molecule has 1 unspecified atom stereocenters. The van der Waals surface area contributed by atoms with Crippen LogP contribution in [0.25, 0.3) is 0 Å². The zero-order valence-electron chi connectivity index (χ0n) is 16.5. The van der Waals surface area contributed by atoms with Gasteiger partial charge in [0.25, 0.3) is 0 Å². The van der Waals surface area contributed by atoms with Crippen molar-refractivity contribution >= 4 is 44.8 Å². The number of methoxy groups -OCH3 is 1. The van der Waals surface area contributed by atoms with Gasteiger partial charge in [0.15, 0.2) is 0 Å². The maximum Gasteiger partial charge on any atom is 0.242 e. The van der Waals surface area contributed by atoms with E-state index in [1.54, 1.807) is 18.2 Å². The van der Waals surface area contributed by atoms with E-state index in [-0.39, 0.29) is 21.4 Å². The summed E-state index contributed by atoms with van der Waals surface area (Å²) in [6, 6.07) is 18.7. The molecule has 3 aromatic carbocycles. The Morgan fingerprint density at radius 2 is 1.65 bits per heavy atom. The number of rotatable bonds is 8. The Kier molecular flexibility index (Phi) is 7.56. The third-order valence-electron chi connectivity index (χ3n) is 4.48. The number of nitrogens with one attached hydrogen (secondary N) is 2. The van der Waals surface area contributed by atoms with Gasteiger partial charge in [0, 0.05) is 0 Å². The van der Waals surface area contributed by atoms with Gasteiger partial charge in [0.2, 0.25) is 15.9 Å². The zero-order chi connectivity index (χ0) is 22.4. The first kappa shape index (κ1) is 23.1. The minimum Gasteiger partial charge on any atom is -0.497 e. The number of benzene rings is 3. The summed E-state index contributed by atoms with van der Waals surface area (Å²) in [7, 11) is -2.50. The van der Waals surface area contributed by atoms with E-state index in [1.165, 1.54) is 31.4 Å². The molecule has 0 saturated heterocycles. The number of hydrogen-bond donors (Lipinski definition) is 2. The molecule has 3 rings (SSSR count). The highest BCUT2D eigenvalue weighted by Gasteiger charge is 2.27. The lowest BCUT2D eigenvalue weighted by Gasteiger charge is -2.19. The van der Waals surface area contributed by atoms with Gasteiger partial charge in [-0.2, -0.15) is 4.72 Å². The average Bonchev–Trinajstić information content (AvgIpc) is 2.77. The van der Waals surface area contributed by atoms with Crippen molar-refractivity contribution in [3.63, 3.8) is 0 Å². The minimum absolute atomic E-state index is 0.0138. The second-order valence-electron chi connectivity index (χ2n) is 6.63.